The number of ether oxygens (including phenoxy) is 1. The topological polar surface area (TPSA) is 187 Å². The number of aliphatic hydroxyl groups excluding tert-OH is 2. The number of rotatable bonds is 8. The highest BCUT2D eigenvalue weighted by Crippen LogP contribution is 2.33. The molecule has 35 heavy (non-hydrogen) atoms. The number of fused-ring (bicyclic) bond motifs is 1. The van der Waals surface area contributed by atoms with Crippen LogP contribution in [0.3, 0.4) is 0 Å². The Morgan fingerprint density at radius 3 is 2.86 bits per heavy atom. The van der Waals surface area contributed by atoms with Gasteiger partial charge >= 0.3 is 0 Å². The Labute approximate surface area is 203 Å². The Morgan fingerprint density at radius 2 is 2.09 bits per heavy atom. The molecule has 0 aromatic carbocycles. The van der Waals surface area contributed by atoms with Gasteiger partial charge in [-0.2, -0.15) is 0 Å². The lowest BCUT2D eigenvalue weighted by molar-refractivity contribution is -0.135. The van der Waals surface area contributed by atoms with Crippen LogP contribution < -0.4 is 26.6 Å². The number of carbonyl (C=O) groups is 2. The van der Waals surface area contributed by atoms with E-state index in [0.717, 1.165) is 31.2 Å². The van der Waals surface area contributed by atoms with Crippen LogP contribution in [0.5, 0.6) is 0 Å². The Morgan fingerprint density at radius 1 is 1.26 bits per heavy atom. The van der Waals surface area contributed by atoms with Gasteiger partial charge in [-0.25, -0.2) is 9.97 Å². The van der Waals surface area contributed by atoms with Gasteiger partial charge in [0.25, 0.3) is 5.91 Å². The number of aliphatic imine (C=N–C) groups is 1. The van der Waals surface area contributed by atoms with Crippen molar-refractivity contribution in [3.8, 4) is 0 Å². The van der Waals surface area contributed by atoms with E-state index in [2.05, 4.69) is 30.9 Å². The smallest absolute Gasteiger partial charge is 0.251 e. The molecule has 192 valence electrons. The molecular weight excluding hydrogens is 456 g/mol. The van der Waals surface area contributed by atoms with E-state index >= 15 is 0 Å². The molecule has 2 fully saturated rings. The van der Waals surface area contributed by atoms with Crippen LogP contribution in [-0.4, -0.2) is 89.1 Å². The van der Waals surface area contributed by atoms with Gasteiger partial charge in [-0.05, 0) is 25.2 Å². The van der Waals surface area contributed by atoms with E-state index in [9.17, 15) is 19.8 Å². The zero-order valence-electron chi connectivity index (χ0n) is 19.8. The van der Waals surface area contributed by atoms with Crippen LogP contribution in [0.25, 0.3) is 0 Å². The molecule has 13 nitrogen and oxygen atoms in total. The first-order valence-corrected chi connectivity index (χ1v) is 12.0. The first kappa shape index (κ1) is 25.2. The third kappa shape index (κ3) is 5.53. The number of amides is 2. The van der Waals surface area contributed by atoms with Gasteiger partial charge in [0, 0.05) is 32.6 Å². The molecule has 1 saturated heterocycles. The second-order valence-electron chi connectivity index (χ2n) is 9.15. The zero-order valence-corrected chi connectivity index (χ0v) is 19.8. The normalized spacial score (nSPS) is 30.0. The number of aromatic nitrogens is 2. The Hall–Kier alpha value is -2.87. The summed E-state index contributed by atoms with van der Waals surface area (Å²) in [4.78, 5) is 38.6. The molecule has 1 aromatic heterocycles. The summed E-state index contributed by atoms with van der Waals surface area (Å²) in [7, 11) is 1.43. The second-order valence-corrected chi connectivity index (χ2v) is 9.15. The van der Waals surface area contributed by atoms with Gasteiger partial charge in [-0.15, -0.1) is 0 Å². The average Bonchev–Trinajstić information content (AvgIpc) is 3.16. The summed E-state index contributed by atoms with van der Waals surface area (Å²) in [5.41, 5.74) is 6.20. The molecule has 2 aliphatic heterocycles. The molecule has 2 amide bonds. The van der Waals surface area contributed by atoms with Crippen LogP contribution in [-0.2, 0) is 20.9 Å². The Bertz CT molecular complexity index is 946. The fourth-order valence-corrected chi connectivity index (χ4v) is 4.91. The predicted molar refractivity (Wildman–Crippen MR) is 127 cm³/mol. The molecule has 6 atom stereocenters. The Kier molecular flexibility index (Phi) is 8.11. The molecule has 0 spiro atoms. The predicted octanol–water partition coefficient (Wildman–Crippen LogP) is -1.55. The van der Waals surface area contributed by atoms with Gasteiger partial charge in [-0.3, -0.25) is 19.5 Å². The highest BCUT2D eigenvalue weighted by Gasteiger charge is 2.49. The lowest BCUT2D eigenvalue weighted by atomic mass is 9.85. The van der Waals surface area contributed by atoms with Crippen molar-refractivity contribution >= 4 is 29.8 Å². The lowest BCUT2D eigenvalue weighted by Crippen LogP contribution is -2.45. The minimum atomic E-state index is -1.39. The van der Waals surface area contributed by atoms with E-state index in [0.29, 0.717) is 43.6 Å². The quantitative estimate of drug-likeness (QED) is 0.249. The molecule has 0 bridgehead atoms. The summed E-state index contributed by atoms with van der Waals surface area (Å²) in [5.74, 6) is 0.949. The van der Waals surface area contributed by atoms with E-state index in [1.807, 2.05) is 0 Å². The van der Waals surface area contributed by atoms with Crippen molar-refractivity contribution in [2.75, 3.05) is 30.4 Å². The summed E-state index contributed by atoms with van der Waals surface area (Å²) >= 11 is 0. The molecule has 0 radical (unpaired) electrons. The van der Waals surface area contributed by atoms with Crippen molar-refractivity contribution < 1.29 is 24.5 Å². The van der Waals surface area contributed by atoms with E-state index < -0.39 is 30.4 Å². The van der Waals surface area contributed by atoms with Gasteiger partial charge < -0.3 is 36.6 Å². The van der Waals surface area contributed by atoms with E-state index in [1.165, 1.54) is 24.6 Å². The number of aliphatic hydroxyl groups is 2. The summed E-state index contributed by atoms with van der Waals surface area (Å²) in [5, 5.41) is 29.8. The molecule has 3 aliphatic rings. The van der Waals surface area contributed by atoms with Gasteiger partial charge in [0.05, 0.1) is 18.4 Å². The molecule has 4 rings (SSSR count). The number of anilines is 2. The van der Waals surface area contributed by atoms with Crippen molar-refractivity contribution in [2.45, 2.75) is 69.2 Å². The third-order valence-electron chi connectivity index (χ3n) is 6.72. The van der Waals surface area contributed by atoms with Gasteiger partial charge in [0.1, 0.15) is 30.2 Å². The van der Waals surface area contributed by atoms with Crippen LogP contribution in [0.2, 0.25) is 0 Å². The number of hydrogen-bond acceptors (Lipinski definition) is 11. The number of hydrogen-bond donors (Lipinski definition) is 6. The van der Waals surface area contributed by atoms with Crippen molar-refractivity contribution in [1.82, 2.24) is 20.6 Å². The third-order valence-corrected chi connectivity index (χ3v) is 6.72. The molecule has 1 aromatic rings. The van der Waals surface area contributed by atoms with Crippen LogP contribution in [0, 0.1) is 5.92 Å². The van der Waals surface area contributed by atoms with Crippen molar-refractivity contribution in [3.05, 3.63) is 11.9 Å². The highest BCUT2D eigenvalue weighted by atomic mass is 16.6. The Balaban J connectivity index is 1.42. The maximum Gasteiger partial charge on any atom is 0.251 e. The van der Waals surface area contributed by atoms with Gasteiger partial charge in [0.2, 0.25) is 5.91 Å². The summed E-state index contributed by atoms with van der Waals surface area (Å²) in [6.07, 6.45) is 2.20. The molecule has 1 saturated carbocycles. The molecular formula is C22H34N8O5. The summed E-state index contributed by atoms with van der Waals surface area (Å²) in [6, 6.07) is 0.148. The number of carbonyl (C=O) groups excluding carboxylic acids is 2. The SMILES string of the molecule is CNC(=O)C1OC(N2C=NCc3c(NCC4CCCC(NC(=O)CCN)C4)ncnc32)C(O)C1O. The minimum absolute atomic E-state index is 0.00553. The van der Waals surface area contributed by atoms with E-state index in [-0.39, 0.29) is 11.9 Å². The number of likely N-dealkylation sites (N-methyl/N-ethyl adjacent to an activating group) is 1. The van der Waals surface area contributed by atoms with E-state index in [4.69, 9.17) is 10.5 Å². The van der Waals surface area contributed by atoms with Crippen molar-refractivity contribution in [1.29, 1.82) is 0 Å². The lowest BCUT2D eigenvalue weighted by Gasteiger charge is -2.32. The average molecular weight is 491 g/mol. The highest BCUT2D eigenvalue weighted by molar-refractivity contribution is 5.85. The van der Waals surface area contributed by atoms with Gasteiger partial charge in [-0.1, -0.05) is 6.42 Å². The number of nitrogens with two attached hydrogens (primary N) is 1. The molecule has 6 unspecified atom stereocenters. The first-order valence-electron chi connectivity index (χ1n) is 12.0. The maximum absolute atomic E-state index is 12.0. The molecule has 7 N–H and O–H groups in total. The van der Waals surface area contributed by atoms with Crippen LogP contribution >= 0.6 is 0 Å². The van der Waals surface area contributed by atoms with Crippen molar-refractivity contribution in [3.63, 3.8) is 0 Å². The first-order chi connectivity index (χ1) is 16.9. The van der Waals surface area contributed by atoms with Crippen molar-refractivity contribution in [2.24, 2.45) is 16.6 Å². The largest absolute Gasteiger partial charge is 0.387 e. The summed E-state index contributed by atoms with van der Waals surface area (Å²) < 4.78 is 5.69. The van der Waals surface area contributed by atoms with E-state index in [1.54, 1.807) is 0 Å². The van der Waals surface area contributed by atoms with Crippen LogP contribution in [0.15, 0.2) is 11.3 Å². The van der Waals surface area contributed by atoms with Crippen LogP contribution in [0.1, 0.15) is 37.7 Å². The fourth-order valence-electron chi connectivity index (χ4n) is 4.91. The maximum atomic E-state index is 12.0. The zero-order chi connectivity index (χ0) is 24.9. The van der Waals surface area contributed by atoms with Gasteiger partial charge in [0.15, 0.2) is 12.3 Å². The minimum Gasteiger partial charge on any atom is -0.387 e. The summed E-state index contributed by atoms with van der Waals surface area (Å²) in [6.45, 7) is 1.36. The molecule has 3 heterocycles. The number of nitrogens with one attached hydrogen (secondary N) is 3. The second kappa shape index (κ2) is 11.2. The molecule has 1 aliphatic carbocycles. The fraction of sp³-hybridized carbons (Fsp3) is 0.682. The van der Waals surface area contributed by atoms with Crippen LogP contribution in [0.4, 0.5) is 11.6 Å². The standard InChI is InChI=1S/C22H34N8O5/c1-24-21(34)18-16(32)17(33)22(35-18)30-11-25-9-14-19(27-10-28-20(14)30)26-8-12-3-2-4-13(7-12)29-15(31)5-6-23/h10-13,16-18,22,32-33H,2-9,23H2,1H3,(H,24,34)(H,29,31)(H,26,27,28). The monoisotopic (exact) mass is 490 g/mol. The number of nitrogens with zero attached hydrogens (tertiary/aromatic N) is 4. The molecule has 13 heteroatoms.